The number of carbonyl (C=O) groups is 1. The van der Waals surface area contributed by atoms with Crippen LogP contribution in [0.5, 0.6) is 5.75 Å². The molecule has 0 bridgehead atoms. The molecule has 0 aromatic heterocycles. The first-order valence-electron chi connectivity index (χ1n) is 6.43. The summed E-state index contributed by atoms with van der Waals surface area (Å²) in [6, 6.07) is 5.52. The number of nitrogens with two attached hydrogens (primary N) is 1. The lowest BCUT2D eigenvalue weighted by molar-refractivity contribution is 0.0917. The maximum atomic E-state index is 11.9. The third-order valence-electron chi connectivity index (χ3n) is 3.08. The molecule has 4 nitrogen and oxygen atoms in total. The largest absolute Gasteiger partial charge is 0.489 e. The third kappa shape index (κ3) is 2.94. The highest BCUT2D eigenvalue weighted by molar-refractivity contribution is 5.95. The van der Waals surface area contributed by atoms with Gasteiger partial charge in [0.25, 0.3) is 5.91 Å². The van der Waals surface area contributed by atoms with Gasteiger partial charge in [0.05, 0.1) is 11.8 Å². The molecule has 1 aliphatic carbocycles. The molecule has 2 rings (SSSR count). The van der Waals surface area contributed by atoms with Crippen LogP contribution in [0, 0.1) is 0 Å². The van der Waals surface area contributed by atoms with Crippen LogP contribution < -0.4 is 15.8 Å². The molecular formula is C14H20N2O2. The highest BCUT2D eigenvalue weighted by atomic mass is 16.5. The van der Waals surface area contributed by atoms with Gasteiger partial charge in [-0.2, -0.15) is 0 Å². The summed E-state index contributed by atoms with van der Waals surface area (Å²) >= 11 is 0. The van der Waals surface area contributed by atoms with E-state index in [4.69, 9.17) is 10.5 Å². The number of rotatable bonds is 4. The average Bonchev–Trinajstić information content (AvgIpc) is 2.25. The van der Waals surface area contributed by atoms with E-state index in [1.807, 2.05) is 13.8 Å². The second-order valence-electron chi connectivity index (χ2n) is 5.02. The van der Waals surface area contributed by atoms with Crippen molar-refractivity contribution in [3.63, 3.8) is 0 Å². The van der Waals surface area contributed by atoms with Crippen molar-refractivity contribution < 1.29 is 9.53 Å². The second kappa shape index (κ2) is 5.29. The zero-order valence-corrected chi connectivity index (χ0v) is 10.9. The summed E-state index contributed by atoms with van der Waals surface area (Å²) in [6.45, 7) is 3.88. The maximum absolute atomic E-state index is 11.9. The van der Waals surface area contributed by atoms with Crippen molar-refractivity contribution in [1.29, 1.82) is 0 Å². The highest BCUT2D eigenvalue weighted by Gasteiger charge is 2.20. The highest BCUT2D eigenvalue weighted by Crippen LogP contribution is 2.24. The number of amides is 1. The first kappa shape index (κ1) is 12.7. The molecular weight excluding hydrogens is 228 g/mol. The summed E-state index contributed by atoms with van der Waals surface area (Å²) in [5, 5.41) is 2.98. The van der Waals surface area contributed by atoms with E-state index in [9.17, 15) is 4.79 Å². The quantitative estimate of drug-likeness (QED) is 0.804. The number of ether oxygens (including phenoxy) is 1. The van der Waals surface area contributed by atoms with Gasteiger partial charge in [-0.3, -0.25) is 4.79 Å². The summed E-state index contributed by atoms with van der Waals surface area (Å²) < 4.78 is 5.54. The summed E-state index contributed by atoms with van der Waals surface area (Å²) in [5.41, 5.74) is 6.98. The van der Waals surface area contributed by atoms with Crippen LogP contribution in [0.3, 0.4) is 0 Å². The van der Waals surface area contributed by atoms with Crippen LogP contribution in [-0.4, -0.2) is 18.1 Å². The van der Waals surface area contributed by atoms with Crippen LogP contribution in [-0.2, 0) is 0 Å². The Labute approximate surface area is 108 Å². The van der Waals surface area contributed by atoms with Gasteiger partial charge in [0.1, 0.15) is 5.75 Å². The van der Waals surface area contributed by atoms with E-state index in [2.05, 4.69) is 5.32 Å². The fourth-order valence-corrected chi connectivity index (χ4v) is 1.87. The molecule has 1 aromatic carbocycles. The normalized spacial score (nSPS) is 15.3. The predicted molar refractivity (Wildman–Crippen MR) is 71.7 cm³/mol. The number of nitrogen functional groups attached to an aromatic ring is 1. The molecule has 0 spiro atoms. The van der Waals surface area contributed by atoms with Gasteiger partial charge in [0.2, 0.25) is 0 Å². The van der Waals surface area contributed by atoms with E-state index >= 15 is 0 Å². The zero-order valence-electron chi connectivity index (χ0n) is 10.9. The molecule has 3 N–H and O–H groups in total. The Morgan fingerprint density at radius 3 is 2.67 bits per heavy atom. The van der Waals surface area contributed by atoms with Gasteiger partial charge < -0.3 is 15.8 Å². The minimum absolute atomic E-state index is 0.0532. The topological polar surface area (TPSA) is 64.3 Å². The Hall–Kier alpha value is -1.71. The van der Waals surface area contributed by atoms with E-state index in [-0.39, 0.29) is 12.0 Å². The number of anilines is 1. The maximum Gasteiger partial charge on any atom is 0.251 e. The Kier molecular flexibility index (Phi) is 3.75. The van der Waals surface area contributed by atoms with Crippen molar-refractivity contribution in [2.45, 2.75) is 45.3 Å². The van der Waals surface area contributed by atoms with Crippen molar-refractivity contribution >= 4 is 11.6 Å². The first-order chi connectivity index (χ1) is 8.56. The molecule has 0 radical (unpaired) electrons. The predicted octanol–water partition coefficient (Wildman–Crippen LogP) is 2.34. The van der Waals surface area contributed by atoms with Crippen LogP contribution in [0.4, 0.5) is 5.69 Å². The van der Waals surface area contributed by atoms with Crippen LogP contribution >= 0.6 is 0 Å². The van der Waals surface area contributed by atoms with E-state index in [0.717, 1.165) is 12.8 Å². The lowest BCUT2D eigenvalue weighted by atomic mass is 9.93. The lowest BCUT2D eigenvalue weighted by Gasteiger charge is -2.26. The molecule has 0 aliphatic heterocycles. The number of carbonyl (C=O) groups excluding carboxylic acids is 1. The van der Waals surface area contributed by atoms with Gasteiger partial charge in [-0.05, 0) is 51.3 Å². The fourth-order valence-electron chi connectivity index (χ4n) is 1.87. The minimum atomic E-state index is -0.0532. The Balaban J connectivity index is 2.04. The van der Waals surface area contributed by atoms with Crippen molar-refractivity contribution in [3.05, 3.63) is 23.8 Å². The molecule has 0 unspecified atom stereocenters. The molecule has 98 valence electrons. The molecule has 1 aliphatic rings. The third-order valence-corrected chi connectivity index (χ3v) is 3.08. The van der Waals surface area contributed by atoms with E-state index in [0.29, 0.717) is 23.0 Å². The van der Waals surface area contributed by atoms with Gasteiger partial charge in [-0.1, -0.05) is 0 Å². The van der Waals surface area contributed by atoms with Crippen molar-refractivity contribution in [3.8, 4) is 5.75 Å². The molecule has 1 amide bonds. The number of benzene rings is 1. The first-order valence-corrected chi connectivity index (χ1v) is 6.43. The standard InChI is InChI=1S/C14H20N2O2/c1-9(2)18-13-7-6-10(8-12(13)15)14(17)16-11-4-3-5-11/h6-9,11H,3-5,15H2,1-2H3,(H,16,17). The van der Waals surface area contributed by atoms with E-state index in [1.54, 1.807) is 18.2 Å². The Morgan fingerprint density at radius 1 is 1.44 bits per heavy atom. The molecule has 1 aromatic rings. The minimum Gasteiger partial charge on any atom is -0.489 e. The van der Waals surface area contributed by atoms with Crippen LogP contribution in [0.2, 0.25) is 0 Å². The van der Waals surface area contributed by atoms with Crippen molar-refractivity contribution in [1.82, 2.24) is 5.32 Å². The molecule has 0 heterocycles. The van der Waals surface area contributed by atoms with Gasteiger partial charge in [-0.25, -0.2) is 0 Å². The lowest BCUT2D eigenvalue weighted by Crippen LogP contribution is -2.39. The Morgan fingerprint density at radius 2 is 2.17 bits per heavy atom. The van der Waals surface area contributed by atoms with Crippen LogP contribution in [0.1, 0.15) is 43.5 Å². The van der Waals surface area contributed by atoms with Crippen molar-refractivity contribution in [2.75, 3.05) is 5.73 Å². The molecule has 4 heteroatoms. The summed E-state index contributed by atoms with van der Waals surface area (Å²) in [6.07, 6.45) is 3.43. The van der Waals surface area contributed by atoms with Gasteiger partial charge in [-0.15, -0.1) is 0 Å². The molecule has 0 saturated heterocycles. The Bertz CT molecular complexity index is 439. The fraction of sp³-hybridized carbons (Fsp3) is 0.500. The van der Waals surface area contributed by atoms with E-state index in [1.165, 1.54) is 6.42 Å². The SMILES string of the molecule is CC(C)Oc1ccc(C(=O)NC2CCC2)cc1N. The van der Waals surface area contributed by atoms with Gasteiger partial charge >= 0.3 is 0 Å². The van der Waals surface area contributed by atoms with Gasteiger partial charge in [0.15, 0.2) is 0 Å². The van der Waals surface area contributed by atoms with Gasteiger partial charge in [0, 0.05) is 11.6 Å². The number of hydrogen-bond acceptors (Lipinski definition) is 3. The molecule has 1 fully saturated rings. The van der Waals surface area contributed by atoms with E-state index < -0.39 is 0 Å². The van der Waals surface area contributed by atoms with Crippen LogP contribution in [0.25, 0.3) is 0 Å². The molecule has 0 atom stereocenters. The van der Waals surface area contributed by atoms with Crippen LogP contribution in [0.15, 0.2) is 18.2 Å². The van der Waals surface area contributed by atoms with Crippen molar-refractivity contribution in [2.24, 2.45) is 0 Å². The number of nitrogens with one attached hydrogen (secondary N) is 1. The monoisotopic (exact) mass is 248 g/mol. The summed E-state index contributed by atoms with van der Waals surface area (Å²) in [5.74, 6) is 0.577. The second-order valence-corrected chi connectivity index (χ2v) is 5.02. The zero-order chi connectivity index (χ0) is 13.1. The molecule has 1 saturated carbocycles. The number of hydrogen-bond donors (Lipinski definition) is 2. The smallest absolute Gasteiger partial charge is 0.251 e. The summed E-state index contributed by atoms with van der Waals surface area (Å²) in [4.78, 5) is 11.9. The summed E-state index contributed by atoms with van der Waals surface area (Å²) in [7, 11) is 0. The molecule has 18 heavy (non-hydrogen) atoms. The average molecular weight is 248 g/mol.